The van der Waals surface area contributed by atoms with Crippen LogP contribution in [-0.4, -0.2) is 48.3 Å². The second kappa shape index (κ2) is 8.89. The number of nitrogens with one attached hydrogen (secondary N) is 1. The van der Waals surface area contributed by atoms with Gasteiger partial charge in [0.1, 0.15) is 5.75 Å². The van der Waals surface area contributed by atoms with Gasteiger partial charge < -0.3 is 14.8 Å². The Morgan fingerprint density at radius 1 is 1.14 bits per heavy atom. The third-order valence-corrected chi connectivity index (χ3v) is 5.18. The van der Waals surface area contributed by atoms with Crippen molar-refractivity contribution in [2.45, 2.75) is 32.3 Å². The minimum atomic E-state index is -1.04. The first-order chi connectivity index (χ1) is 13.9. The van der Waals surface area contributed by atoms with E-state index in [0.29, 0.717) is 24.3 Å². The van der Waals surface area contributed by atoms with E-state index in [2.05, 4.69) is 5.32 Å². The number of ether oxygens (including phenoxy) is 2. The number of benzene rings is 1. The zero-order chi connectivity index (χ0) is 21.0. The minimum Gasteiger partial charge on any atom is -0.495 e. The van der Waals surface area contributed by atoms with Gasteiger partial charge in [0.2, 0.25) is 11.8 Å². The number of rotatable bonds is 7. The molecular weight excluding hydrogens is 376 g/mol. The van der Waals surface area contributed by atoms with E-state index in [1.54, 1.807) is 24.3 Å². The zero-order valence-corrected chi connectivity index (χ0v) is 16.4. The minimum absolute atomic E-state index is 0.0374. The van der Waals surface area contributed by atoms with E-state index in [4.69, 9.17) is 9.47 Å². The zero-order valence-electron chi connectivity index (χ0n) is 16.4. The topological polar surface area (TPSA) is 102 Å². The predicted molar refractivity (Wildman–Crippen MR) is 104 cm³/mol. The molecule has 0 saturated carbocycles. The number of carbonyl (C=O) groups is 4. The van der Waals surface area contributed by atoms with Gasteiger partial charge in [0.15, 0.2) is 6.10 Å². The molecule has 1 aromatic rings. The van der Waals surface area contributed by atoms with E-state index in [1.807, 2.05) is 12.2 Å². The predicted octanol–water partition coefficient (Wildman–Crippen LogP) is 1.91. The van der Waals surface area contributed by atoms with Crippen molar-refractivity contribution >= 4 is 29.4 Å². The Labute approximate surface area is 168 Å². The highest BCUT2D eigenvalue weighted by molar-refractivity contribution is 6.05. The molecule has 8 nitrogen and oxygen atoms in total. The van der Waals surface area contributed by atoms with Crippen LogP contribution in [0.2, 0.25) is 0 Å². The fourth-order valence-corrected chi connectivity index (χ4v) is 3.58. The molecule has 3 amide bonds. The van der Waals surface area contributed by atoms with Crippen LogP contribution < -0.4 is 10.1 Å². The number of imide groups is 1. The number of anilines is 1. The van der Waals surface area contributed by atoms with Crippen molar-refractivity contribution in [2.75, 3.05) is 19.0 Å². The maximum atomic E-state index is 12.4. The molecule has 1 aromatic carbocycles. The number of hydrogen-bond donors (Lipinski definition) is 1. The molecule has 0 radical (unpaired) electrons. The van der Waals surface area contributed by atoms with E-state index >= 15 is 0 Å². The van der Waals surface area contributed by atoms with Crippen molar-refractivity contribution in [3.63, 3.8) is 0 Å². The molecule has 2 aliphatic rings. The lowest BCUT2D eigenvalue weighted by Gasteiger charge is -2.17. The van der Waals surface area contributed by atoms with Crippen molar-refractivity contribution < 1.29 is 28.7 Å². The van der Waals surface area contributed by atoms with Crippen LogP contribution in [0, 0.1) is 11.8 Å². The summed E-state index contributed by atoms with van der Waals surface area (Å²) < 4.78 is 10.3. The van der Waals surface area contributed by atoms with E-state index in [0.717, 1.165) is 4.90 Å². The fraction of sp³-hybridized carbons (Fsp3) is 0.429. The highest BCUT2D eigenvalue weighted by Crippen LogP contribution is 2.35. The van der Waals surface area contributed by atoms with Crippen molar-refractivity contribution in [1.82, 2.24) is 4.90 Å². The molecule has 154 valence electrons. The van der Waals surface area contributed by atoms with Gasteiger partial charge in [-0.2, -0.15) is 0 Å². The van der Waals surface area contributed by atoms with Crippen molar-refractivity contribution in [2.24, 2.45) is 11.8 Å². The number of hydrogen-bond acceptors (Lipinski definition) is 6. The van der Waals surface area contributed by atoms with Gasteiger partial charge in [-0.05, 0) is 31.9 Å². The van der Waals surface area contributed by atoms with Crippen LogP contribution in [0.4, 0.5) is 5.69 Å². The monoisotopic (exact) mass is 400 g/mol. The summed E-state index contributed by atoms with van der Waals surface area (Å²) in [5, 5.41) is 2.64. The lowest BCUT2D eigenvalue weighted by atomic mass is 9.85. The number of allylic oxidation sites excluding steroid dienone is 2. The molecule has 29 heavy (non-hydrogen) atoms. The summed E-state index contributed by atoms with van der Waals surface area (Å²) in [5.74, 6) is -1.79. The standard InChI is InChI=1S/C21H24N2O6/c1-13(19(25)22-16-9-5-6-10-17(16)28-2)29-18(24)11-12-23-20(26)14-7-3-4-8-15(14)21(23)27/h3-6,9-10,13-15H,7-8,11-12H2,1-2H3,(H,22,25)/t13-,14+,15+/m1/s1. The van der Waals surface area contributed by atoms with E-state index in [-0.39, 0.29) is 36.6 Å². The molecule has 0 unspecified atom stereocenters. The molecule has 1 fully saturated rings. The Morgan fingerprint density at radius 2 is 1.76 bits per heavy atom. The molecule has 1 N–H and O–H groups in total. The maximum Gasteiger partial charge on any atom is 0.308 e. The number of amides is 3. The average Bonchev–Trinajstić information content (AvgIpc) is 2.97. The molecular formula is C21H24N2O6. The van der Waals surface area contributed by atoms with Crippen LogP contribution in [-0.2, 0) is 23.9 Å². The first kappa shape index (κ1) is 20.6. The largest absolute Gasteiger partial charge is 0.495 e. The highest BCUT2D eigenvalue weighted by atomic mass is 16.5. The van der Waals surface area contributed by atoms with Gasteiger partial charge in [0, 0.05) is 6.54 Å². The molecule has 1 aliphatic heterocycles. The third-order valence-electron chi connectivity index (χ3n) is 5.18. The van der Waals surface area contributed by atoms with E-state index in [9.17, 15) is 19.2 Å². The molecule has 0 aromatic heterocycles. The quantitative estimate of drug-likeness (QED) is 0.426. The van der Waals surface area contributed by atoms with Crippen molar-refractivity contribution in [3.8, 4) is 5.75 Å². The van der Waals surface area contributed by atoms with Gasteiger partial charge in [0.05, 0.1) is 31.1 Å². The molecule has 3 rings (SSSR count). The second-order valence-corrected chi connectivity index (χ2v) is 7.06. The third kappa shape index (κ3) is 4.47. The summed E-state index contributed by atoms with van der Waals surface area (Å²) in [6.45, 7) is 1.42. The second-order valence-electron chi connectivity index (χ2n) is 7.06. The Kier molecular flexibility index (Phi) is 6.31. The summed E-state index contributed by atoms with van der Waals surface area (Å²) in [4.78, 5) is 50.4. The van der Waals surface area contributed by atoms with Gasteiger partial charge in [-0.1, -0.05) is 24.3 Å². The Bertz CT molecular complexity index is 823. The van der Waals surface area contributed by atoms with Gasteiger partial charge in [-0.15, -0.1) is 0 Å². The number of likely N-dealkylation sites (tertiary alicyclic amines) is 1. The van der Waals surface area contributed by atoms with Gasteiger partial charge in [-0.3, -0.25) is 24.1 Å². The number of nitrogens with zero attached hydrogens (tertiary/aromatic N) is 1. The van der Waals surface area contributed by atoms with E-state index in [1.165, 1.54) is 14.0 Å². The van der Waals surface area contributed by atoms with Gasteiger partial charge in [0.25, 0.3) is 5.91 Å². The highest BCUT2D eigenvalue weighted by Gasteiger charge is 2.47. The Balaban J connectivity index is 1.49. The van der Waals surface area contributed by atoms with Crippen LogP contribution >= 0.6 is 0 Å². The summed E-state index contributed by atoms with van der Waals surface area (Å²) in [5.41, 5.74) is 0.465. The van der Waals surface area contributed by atoms with E-state index < -0.39 is 18.0 Å². The fourth-order valence-electron chi connectivity index (χ4n) is 3.58. The number of methoxy groups -OCH3 is 1. The van der Waals surface area contributed by atoms with Crippen LogP contribution in [0.15, 0.2) is 36.4 Å². The van der Waals surface area contributed by atoms with Gasteiger partial charge >= 0.3 is 5.97 Å². The summed E-state index contributed by atoms with van der Waals surface area (Å²) in [6.07, 6.45) is 3.73. The first-order valence-corrected chi connectivity index (χ1v) is 9.56. The maximum absolute atomic E-state index is 12.4. The normalized spacial score (nSPS) is 21.5. The Hall–Kier alpha value is -3.16. The molecule has 3 atom stereocenters. The van der Waals surface area contributed by atoms with Gasteiger partial charge in [-0.25, -0.2) is 0 Å². The van der Waals surface area contributed by atoms with Crippen LogP contribution in [0.25, 0.3) is 0 Å². The number of esters is 1. The van der Waals surface area contributed by atoms with Crippen LogP contribution in [0.3, 0.4) is 0 Å². The summed E-state index contributed by atoms with van der Waals surface area (Å²) in [7, 11) is 1.49. The number of carbonyl (C=O) groups excluding carboxylic acids is 4. The number of fused-ring (bicyclic) bond motifs is 1. The lowest BCUT2D eigenvalue weighted by Crippen LogP contribution is -2.35. The lowest BCUT2D eigenvalue weighted by molar-refractivity contribution is -0.154. The molecule has 8 heteroatoms. The molecule has 1 aliphatic carbocycles. The first-order valence-electron chi connectivity index (χ1n) is 9.56. The van der Waals surface area contributed by atoms with Crippen molar-refractivity contribution in [3.05, 3.63) is 36.4 Å². The van der Waals surface area contributed by atoms with Crippen molar-refractivity contribution in [1.29, 1.82) is 0 Å². The molecule has 0 spiro atoms. The van der Waals surface area contributed by atoms with Crippen LogP contribution in [0.1, 0.15) is 26.2 Å². The summed E-state index contributed by atoms with van der Waals surface area (Å²) in [6, 6.07) is 6.88. The Morgan fingerprint density at radius 3 is 2.38 bits per heavy atom. The smallest absolute Gasteiger partial charge is 0.308 e. The molecule has 1 heterocycles. The SMILES string of the molecule is COc1ccccc1NC(=O)[C@@H](C)OC(=O)CCN1C(=O)[C@H]2CC=CC[C@@H]2C1=O. The average molecular weight is 400 g/mol. The molecule has 1 saturated heterocycles. The van der Waals surface area contributed by atoms with Crippen LogP contribution in [0.5, 0.6) is 5.75 Å². The summed E-state index contributed by atoms with van der Waals surface area (Å²) >= 11 is 0. The molecule has 0 bridgehead atoms. The number of para-hydroxylation sites is 2.